The van der Waals surface area contributed by atoms with E-state index in [0.717, 1.165) is 37.7 Å². The van der Waals surface area contributed by atoms with Gasteiger partial charge in [-0.05, 0) is 62.1 Å². The lowest BCUT2D eigenvalue weighted by Crippen LogP contribution is -2.63. The Labute approximate surface area is 166 Å². The molecule has 1 saturated carbocycles. The molecule has 0 unspecified atom stereocenters. The van der Waals surface area contributed by atoms with Gasteiger partial charge in [0.05, 0.1) is 6.61 Å². The van der Waals surface area contributed by atoms with Crippen LogP contribution in [0.3, 0.4) is 0 Å². The van der Waals surface area contributed by atoms with Crippen LogP contribution >= 0.6 is 0 Å². The topological polar surface area (TPSA) is 46.2 Å². The third-order valence-electron chi connectivity index (χ3n) is 6.98. The van der Waals surface area contributed by atoms with Crippen LogP contribution in [0.4, 0.5) is 4.39 Å². The summed E-state index contributed by atoms with van der Waals surface area (Å²) in [6.07, 6.45) is 4.70. The third kappa shape index (κ3) is 3.50. The van der Waals surface area contributed by atoms with Gasteiger partial charge in [-0.15, -0.1) is 0 Å². The molecule has 6 atom stereocenters. The van der Waals surface area contributed by atoms with Crippen molar-refractivity contribution in [2.24, 2.45) is 17.8 Å². The van der Waals surface area contributed by atoms with Crippen molar-refractivity contribution in [1.82, 2.24) is 0 Å². The van der Waals surface area contributed by atoms with E-state index in [0.29, 0.717) is 19.1 Å². The zero-order chi connectivity index (χ0) is 19.8. The van der Waals surface area contributed by atoms with Crippen LogP contribution in [0.25, 0.3) is 0 Å². The van der Waals surface area contributed by atoms with Crippen LogP contribution in [0.15, 0.2) is 24.3 Å². The molecule has 0 amide bonds. The number of fused-ring (bicyclic) bond motifs is 3. The molecule has 1 spiro atoms. The highest BCUT2D eigenvalue weighted by Gasteiger charge is 2.65. The first-order chi connectivity index (χ1) is 13.5. The highest BCUT2D eigenvalue weighted by Crippen LogP contribution is 2.56. The Morgan fingerprint density at radius 3 is 2.71 bits per heavy atom. The summed E-state index contributed by atoms with van der Waals surface area (Å²) in [6.45, 7) is 5.17. The molecule has 4 aliphatic rings. The predicted octanol–water partition coefficient (Wildman–Crippen LogP) is 4.59. The molecule has 6 heteroatoms. The SMILES string of the molecule is CO[C@H]1O[C@]2(C)OO[C@]13[C@H](CCOCc1ccc(F)cc1)CCC[C@@H]3C[C@@H]2C. The fourth-order valence-electron chi connectivity index (χ4n) is 5.17. The number of hydrogen-bond acceptors (Lipinski definition) is 5. The average molecular weight is 394 g/mol. The van der Waals surface area contributed by atoms with Crippen LogP contribution < -0.4 is 0 Å². The molecule has 3 heterocycles. The molecule has 1 aromatic carbocycles. The van der Waals surface area contributed by atoms with Crippen molar-refractivity contribution < 1.29 is 28.4 Å². The van der Waals surface area contributed by atoms with Crippen LogP contribution in [-0.4, -0.2) is 31.4 Å². The molecule has 3 saturated heterocycles. The van der Waals surface area contributed by atoms with Gasteiger partial charge in [0, 0.05) is 19.6 Å². The summed E-state index contributed by atoms with van der Waals surface area (Å²) in [4.78, 5) is 12.0. The van der Waals surface area contributed by atoms with Gasteiger partial charge in [-0.25, -0.2) is 14.2 Å². The van der Waals surface area contributed by atoms with Crippen molar-refractivity contribution in [3.63, 3.8) is 0 Å². The van der Waals surface area contributed by atoms with E-state index in [9.17, 15) is 4.39 Å². The molecular weight excluding hydrogens is 363 g/mol. The zero-order valence-electron chi connectivity index (χ0n) is 17.0. The number of halogens is 1. The van der Waals surface area contributed by atoms with Gasteiger partial charge in [-0.3, -0.25) is 0 Å². The molecule has 0 N–H and O–H groups in total. The number of rotatable bonds is 6. The maximum Gasteiger partial charge on any atom is 0.204 e. The summed E-state index contributed by atoms with van der Waals surface area (Å²) < 4.78 is 31.0. The number of ether oxygens (including phenoxy) is 3. The van der Waals surface area contributed by atoms with Crippen molar-refractivity contribution in [3.8, 4) is 0 Å². The van der Waals surface area contributed by atoms with E-state index in [-0.39, 0.29) is 17.7 Å². The van der Waals surface area contributed by atoms with Crippen LogP contribution in [0, 0.1) is 23.6 Å². The van der Waals surface area contributed by atoms with E-state index in [2.05, 4.69) is 6.92 Å². The van der Waals surface area contributed by atoms with Crippen LogP contribution in [0.1, 0.15) is 51.5 Å². The van der Waals surface area contributed by atoms with Crippen LogP contribution in [0.2, 0.25) is 0 Å². The van der Waals surface area contributed by atoms with Crippen molar-refractivity contribution in [2.45, 2.75) is 70.2 Å². The Morgan fingerprint density at radius 1 is 1.18 bits per heavy atom. The zero-order valence-corrected chi connectivity index (χ0v) is 17.0. The predicted molar refractivity (Wildman–Crippen MR) is 100 cm³/mol. The summed E-state index contributed by atoms with van der Waals surface area (Å²) in [6, 6.07) is 6.43. The minimum Gasteiger partial charge on any atom is -0.377 e. The maximum atomic E-state index is 13.0. The number of benzene rings is 1. The molecule has 2 bridgehead atoms. The summed E-state index contributed by atoms with van der Waals surface area (Å²) in [7, 11) is 1.69. The Kier molecular flexibility index (Phi) is 5.78. The molecule has 28 heavy (non-hydrogen) atoms. The smallest absolute Gasteiger partial charge is 0.204 e. The third-order valence-corrected chi connectivity index (χ3v) is 6.98. The molecule has 156 valence electrons. The van der Waals surface area contributed by atoms with Gasteiger partial charge in [0.15, 0.2) is 11.9 Å². The lowest BCUT2D eigenvalue weighted by molar-refractivity contribution is -0.560. The second-order valence-electron chi connectivity index (χ2n) is 8.65. The standard InChI is InChI=1S/C22H31FO5/c1-15-13-18-6-4-5-17(11-12-25-14-16-7-9-19(23)10-8-16)22(18)20(24-3)26-21(15,2)27-28-22/h7-10,15,17-18,20H,4-6,11-14H2,1-3H3/t15-,17-,18+,20-,21+,22-/m0/s1. The van der Waals surface area contributed by atoms with Crippen molar-refractivity contribution in [3.05, 3.63) is 35.6 Å². The summed E-state index contributed by atoms with van der Waals surface area (Å²) in [5.41, 5.74) is 0.381. The van der Waals surface area contributed by atoms with Gasteiger partial charge in [0.2, 0.25) is 5.79 Å². The fraction of sp³-hybridized carbons (Fsp3) is 0.727. The quantitative estimate of drug-likeness (QED) is 0.521. The second kappa shape index (κ2) is 8.00. The Balaban J connectivity index is 1.44. The normalized spacial score (nSPS) is 40.1. The largest absolute Gasteiger partial charge is 0.377 e. The van der Waals surface area contributed by atoms with Gasteiger partial charge in [-0.1, -0.05) is 25.5 Å². The lowest BCUT2D eigenvalue weighted by Gasteiger charge is -2.53. The molecule has 5 nitrogen and oxygen atoms in total. The molecule has 3 aliphatic heterocycles. The van der Waals surface area contributed by atoms with Gasteiger partial charge in [-0.2, -0.15) is 0 Å². The first kappa shape index (κ1) is 20.2. The fourth-order valence-corrected chi connectivity index (χ4v) is 5.17. The molecule has 0 radical (unpaired) electrons. The highest BCUT2D eigenvalue weighted by atomic mass is 19.1. The molecule has 1 aromatic rings. The maximum absolute atomic E-state index is 13.0. The van der Waals surface area contributed by atoms with Crippen LogP contribution in [-0.2, 0) is 30.6 Å². The monoisotopic (exact) mass is 394 g/mol. The molecule has 5 rings (SSSR count). The summed E-state index contributed by atoms with van der Waals surface area (Å²) in [5, 5.41) is 0. The minimum atomic E-state index is -0.771. The van der Waals surface area contributed by atoms with Gasteiger partial charge < -0.3 is 14.2 Å². The number of hydrogen-bond donors (Lipinski definition) is 0. The van der Waals surface area contributed by atoms with E-state index >= 15 is 0 Å². The van der Waals surface area contributed by atoms with Crippen molar-refractivity contribution in [1.29, 1.82) is 0 Å². The summed E-state index contributed by atoms with van der Waals surface area (Å²) in [5.74, 6) is -0.196. The number of methoxy groups -OCH3 is 1. The van der Waals surface area contributed by atoms with Gasteiger partial charge in [0.1, 0.15) is 5.82 Å². The minimum absolute atomic E-state index is 0.230. The van der Waals surface area contributed by atoms with Crippen LogP contribution in [0.5, 0.6) is 0 Å². The van der Waals surface area contributed by atoms with E-state index in [1.165, 1.54) is 12.1 Å². The molecular formula is C22H31FO5. The highest BCUT2D eigenvalue weighted by molar-refractivity contribution is 5.15. The van der Waals surface area contributed by atoms with E-state index in [4.69, 9.17) is 24.0 Å². The molecule has 0 aromatic heterocycles. The van der Waals surface area contributed by atoms with E-state index in [1.54, 1.807) is 19.2 Å². The first-order valence-electron chi connectivity index (χ1n) is 10.4. The average Bonchev–Trinajstić information content (AvgIpc) is 2.87. The lowest BCUT2D eigenvalue weighted by atomic mass is 9.65. The molecule has 1 aliphatic carbocycles. The summed E-state index contributed by atoms with van der Waals surface area (Å²) >= 11 is 0. The second-order valence-corrected chi connectivity index (χ2v) is 8.65. The Bertz CT molecular complexity index is 663. The Morgan fingerprint density at radius 2 is 1.96 bits per heavy atom. The first-order valence-corrected chi connectivity index (χ1v) is 10.4. The van der Waals surface area contributed by atoms with E-state index < -0.39 is 17.7 Å². The van der Waals surface area contributed by atoms with Crippen molar-refractivity contribution in [2.75, 3.05) is 13.7 Å². The molecule has 4 fully saturated rings. The van der Waals surface area contributed by atoms with Gasteiger partial charge >= 0.3 is 0 Å². The van der Waals surface area contributed by atoms with E-state index in [1.807, 2.05) is 6.92 Å². The van der Waals surface area contributed by atoms with Gasteiger partial charge in [0.25, 0.3) is 0 Å². The Hall–Kier alpha value is -1.05. The van der Waals surface area contributed by atoms with Crippen molar-refractivity contribution >= 4 is 0 Å².